The molecule has 1 fully saturated rings. The molecule has 1 aliphatic carbocycles. The Morgan fingerprint density at radius 3 is 1.29 bits per heavy atom. The number of hydrogen-bond donors (Lipinski definition) is 2. The van der Waals surface area contributed by atoms with E-state index in [1.54, 1.807) is 0 Å². The first-order valence-corrected chi connectivity index (χ1v) is 17.7. The number of phenols is 2. The highest BCUT2D eigenvalue weighted by Crippen LogP contribution is 2.40. The Labute approximate surface area is 289 Å². The van der Waals surface area contributed by atoms with E-state index in [0.717, 1.165) is 47.9 Å². The van der Waals surface area contributed by atoms with Gasteiger partial charge in [-0.05, 0) is 86.8 Å². The summed E-state index contributed by atoms with van der Waals surface area (Å²) in [4.78, 5) is 10.1. The highest BCUT2D eigenvalue weighted by atomic mass is 16.6. The predicted molar refractivity (Wildman–Crippen MR) is 194 cm³/mol. The smallest absolute Gasteiger partial charge is 0.130 e. The molecule has 0 spiro atoms. The Morgan fingerprint density at radius 2 is 0.938 bits per heavy atom. The first-order chi connectivity index (χ1) is 22.4. The van der Waals surface area contributed by atoms with E-state index < -0.39 is 11.2 Å². The minimum absolute atomic E-state index is 0.0460. The van der Waals surface area contributed by atoms with Gasteiger partial charge in [0.15, 0.2) is 0 Å². The van der Waals surface area contributed by atoms with Crippen molar-refractivity contribution in [3.8, 4) is 11.5 Å². The van der Waals surface area contributed by atoms with E-state index in [9.17, 15) is 10.2 Å². The maximum atomic E-state index is 11.6. The third kappa shape index (κ3) is 9.68. The zero-order chi connectivity index (χ0) is 35.3. The summed E-state index contributed by atoms with van der Waals surface area (Å²) in [6.45, 7) is 23.3. The lowest BCUT2D eigenvalue weighted by molar-refractivity contribution is -0.0686. The second-order valence-corrected chi connectivity index (χ2v) is 16.3. The van der Waals surface area contributed by atoms with Crippen LogP contribution in [-0.2, 0) is 41.0 Å². The molecular weight excluding hydrogens is 604 g/mol. The fourth-order valence-corrected chi connectivity index (χ4v) is 6.28. The number of ether oxygens (including phenoxy) is 4. The largest absolute Gasteiger partial charge is 0.507 e. The number of benzene rings is 2. The molecule has 48 heavy (non-hydrogen) atoms. The summed E-state index contributed by atoms with van der Waals surface area (Å²) in [6, 6.07) is 8.08. The van der Waals surface area contributed by atoms with Gasteiger partial charge in [0.25, 0.3) is 0 Å². The molecule has 1 aliphatic heterocycles. The number of phenolic OH excluding ortho intramolecular Hbond substituents is 2. The molecule has 4 bridgehead atoms. The van der Waals surface area contributed by atoms with Crippen molar-refractivity contribution in [2.24, 2.45) is 9.98 Å². The SMILES string of the molecule is CC(C)(C)c1cc2c(O)c(c1)C(C)(C)OCCOCCOCCOC(C)(C)c1cc(C(C)(C)C)cc(c1O)C=N[C@H]1CCCC[C@@H]1N=C2. The van der Waals surface area contributed by atoms with Gasteiger partial charge in [0.2, 0.25) is 0 Å². The van der Waals surface area contributed by atoms with Crippen LogP contribution in [0, 0.1) is 0 Å². The maximum Gasteiger partial charge on any atom is 0.130 e. The van der Waals surface area contributed by atoms with Gasteiger partial charge < -0.3 is 29.2 Å². The van der Waals surface area contributed by atoms with Gasteiger partial charge in [0.1, 0.15) is 11.5 Å². The van der Waals surface area contributed by atoms with Crippen molar-refractivity contribution < 1.29 is 29.2 Å². The lowest BCUT2D eigenvalue weighted by atomic mass is 9.82. The molecule has 2 aliphatic rings. The van der Waals surface area contributed by atoms with E-state index in [1.807, 2.05) is 52.3 Å². The lowest BCUT2D eigenvalue weighted by Crippen LogP contribution is -2.28. The van der Waals surface area contributed by atoms with Gasteiger partial charge >= 0.3 is 0 Å². The number of rotatable bonds is 0. The molecule has 2 aromatic rings. The molecule has 0 radical (unpaired) electrons. The van der Waals surface area contributed by atoms with E-state index in [4.69, 9.17) is 28.9 Å². The lowest BCUT2D eigenvalue weighted by Gasteiger charge is -2.31. The third-order valence-electron chi connectivity index (χ3n) is 9.57. The summed E-state index contributed by atoms with van der Waals surface area (Å²) >= 11 is 0. The minimum atomic E-state index is -0.758. The molecule has 0 saturated heterocycles. The van der Waals surface area contributed by atoms with Crippen LogP contribution < -0.4 is 0 Å². The topological polar surface area (TPSA) is 102 Å². The molecular formula is C40H60N2O6. The molecule has 0 amide bonds. The van der Waals surface area contributed by atoms with Crippen molar-refractivity contribution in [3.05, 3.63) is 57.6 Å². The van der Waals surface area contributed by atoms with E-state index in [-0.39, 0.29) is 34.4 Å². The zero-order valence-electron chi connectivity index (χ0n) is 31.1. The van der Waals surface area contributed by atoms with Crippen LogP contribution in [0.4, 0.5) is 0 Å². The molecule has 4 rings (SSSR count). The predicted octanol–water partition coefficient (Wildman–Crippen LogP) is 8.09. The first-order valence-electron chi connectivity index (χ1n) is 17.7. The molecule has 1 heterocycles. The molecule has 1 saturated carbocycles. The van der Waals surface area contributed by atoms with Crippen molar-refractivity contribution in [2.75, 3.05) is 39.6 Å². The fraction of sp³-hybridized carbons (Fsp3) is 0.650. The monoisotopic (exact) mass is 664 g/mol. The standard InChI is InChI=1S/C40H60N2O6/c1-37(2,3)29-21-27-25-41-33-13-11-12-14-34(33)42-26-28-22-30(38(4,5)6)24-32(36(28)44)40(9,10)48-20-18-46-16-15-45-17-19-47-39(7,8)31(23-29)35(27)43/h21-26,33-34,43-44H,11-20H2,1-10H3/t33-,34-/m0/s1. The van der Waals surface area contributed by atoms with Crippen molar-refractivity contribution in [1.82, 2.24) is 0 Å². The summed E-state index contributed by atoms with van der Waals surface area (Å²) in [6.07, 6.45) is 7.59. The average molecular weight is 665 g/mol. The summed E-state index contributed by atoms with van der Waals surface area (Å²) in [5.74, 6) is 0.357. The fourth-order valence-electron chi connectivity index (χ4n) is 6.28. The number of hydrogen-bond acceptors (Lipinski definition) is 8. The molecule has 0 unspecified atom stereocenters. The van der Waals surface area contributed by atoms with Crippen LogP contribution in [0.25, 0.3) is 0 Å². The highest BCUT2D eigenvalue weighted by molar-refractivity contribution is 5.86. The zero-order valence-corrected chi connectivity index (χ0v) is 31.1. The number of nitrogens with zero attached hydrogens (tertiary/aromatic N) is 2. The molecule has 2 N–H and O–H groups in total. The van der Waals surface area contributed by atoms with Crippen LogP contribution in [0.5, 0.6) is 11.5 Å². The normalized spacial score (nSPS) is 23.2. The van der Waals surface area contributed by atoms with Crippen LogP contribution in [0.15, 0.2) is 34.3 Å². The van der Waals surface area contributed by atoms with Crippen molar-refractivity contribution in [2.45, 2.75) is 129 Å². The summed E-state index contributed by atoms with van der Waals surface area (Å²) in [7, 11) is 0. The Morgan fingerprint density at radius 1 is 0.583 bits per heavy atom. The summed E-state index contributed by atoms with van der Waals surface area (Å²) in [5.41, 5.74) is 3.18. The molecule has 8 nitrogen and oxygen atoms in total. The quantitative estimate of drug-likeness (QED) is 0.295. The van der Waals surface area contributed by atoms with E-state index in [2.05, 4.69) is 53.7 Å². The molecule has 0 aromatic heterocycles. The highest BCUT2D eigenvalue weighted by Gasteiger charge is 2.31. The summed E-state index contributed by atoms with van der Waals surface area (Å²) < 4.78 is 24.2. The number of aromatic hydroxyl groups is 2. The molecule has 2 atom stereocenters. The number of aliphatic imine (C=N–C) groups is 2. The molecule has 266 valence electrons. The number of fused-ring (bicyclic) bond motifs is 5. The van der Waals surface area contributed by atoms with Gasteiger partial charge in [0, 0.05) is 34.7 Å². The van der Waals surface area contributed by atoms with E-state index in [1.165, 1.54) is 0 Å². The Balaban J connectivity index is 1.77. The Hall–Kier alpha value is -2.78. The van der Waals surface area contributed by atoms with E-state index >= 15 is 0 Å². The summed E-state index contributed by atoms with van der Waals surface area (Å²) in [5, 5.41) is 23.2. The van der Waals surface area contributed by atoms with Gasteiger partial charge in [-0.2, -0.15) is 0 Å². The third-order valence-corrected chi connectivity index (χ3v) is 9.57. The van der Waals surface area contributed by atoms with Gasteiger partial charge in [-0.3, -0.25) is 9.98 Å². The van der Waals surface area contributed by atoms with Crippen molar-refractivity contribution in [3.63, 3.8) is 0 Å². The van der Waals surface area contributed by atoms with Crippen molar-refractivity contribution >= 4 is 12.4 Å². The van der Waals surface area contributed by atoms with Gasteiger partial charge in [-0.1, -0.05) is 54.4 Å². The van der Waals surface area contributed by atoms with Crippen LogP contribution in [0.1, 0.15) is 128 Å². The minimum Gasteiger partial charge on any atom is -0.507 e. The molecule has 2 aromatic carbocycles. The van der Waals surface area contributed by atoms with Crippen molar-refractivity contribution in [1.29, 1.82) is 0 Å². The van der Waals surface area contributed by atoms with Crippen LogP contribution >= 0.6 is 0 Å². The first kappa shape index (κ1) is 38.0. The average Bonchev–Trinajstić information content (AvgIpc) is 2.99. The molecule has 8 heteroatoms. The van der Waals surface area contributed by atoms with Crippen LogP contribution in [0.3, 0.4) is 0 Å². The Kier molecular flexibility index (Phi) is 12.2. The van der Waals surface area contributed by atoms with Gasteiger partial charge in [-0.25, -0.2) is 0 Å². The second kappa shape index (κ2) is 15.4. The van der Waals surface area contributed by atoms with Crippen LogP contribution in [-0.4, -0.2) is 74.4 Å². The Bertz CT molecular complexity index is 1340. The van der Waals surface area contributed by atoms with E-state index in [0.29, 0.717) is 50.8 Å². The van der Waals surface area contributed by atoms with Gasteiger partial charge in [-0.15, -0.1) is 0 Å². The van der Waals surface area contributed by atoms with Gasteiger partial charge in [0.05, 0.1) is 62.9 Å². The maximum absolute atomic E-state index is 11.6. The second-order valence-electron chi connectivity index (χ2n) is 16.3. The van der Waals surface area contributed by atoms with Crippen LogP contribution in [0.2, 0.25) is 0 Å².